The third-order valence-corrected chi connectivity index (χ3v) is 3.52. The summed E-state index contributed by atoms with van der Waals surface area (Å²) in [6, 6.07) is 8.59. The van der Waals surface area contributed by atoms with Crippen LogP contribution in [0.3, 0.4) is 0 Å². The molecule has 2 aromatic rings. The lowest BCUT2D eigenvalue weighted by Crippen LogP contribution is -2.41. The topological polar surface area (TPSA) is 31.1 Å². The Hall–Kier alpha value is -1.32. The van der Waals surface area contributed by atoms with Crippen molar-refractivity contribution in [2.24, 2.45) is 0 Å². The van der Waals surface area contributed by atoms with E-state index in [-0.39, 0.29) is 0 Å². The van der Waals surface area contributed by atoms with Crippen LogP contribution >= 0.6 is 0 Å². The molecule has 3 nitrogen and oxygen atoms in total. The van der Waals surface area contributed by atoms with Crippen LogP contribution in [0, 0.1) is 0 Å². The van der Waals surface area contributed by atoms with Gasteiger partial charge in [0.1, 0.15) is 0 Å². The van der Waals surface area contributed by atoms with Crippen molar-refractivity contribution in [1.82, 2.24) is 15.4 Å². The third-order valence-electron chi connectivity index (χ3n) is 3.52. The van der Waals surface area contributed by atoms with Crippen LogP contribution in [0.5, 0.6) is 0 Å². The first kappa shape index (κ1) is 10.8. The number of nitrogens with one attached hydrogen (secondary N) is 2. The van der Waals surface area contributed by atoms with Crippen molar-refractivity contribution in [2.75, 3.05) is 13.1 Å². The standard InChI is InChI=1S/C14H19N3/c1-2-9-17(10-3-1)16-11-13-6-4-5-12-7-8-15-14(12)13/h4-8,15-16H,1-3,9-11H2. The fourth-order valence-corrected chi connectivity index (χ4v) is 2.55. The number of hydrazine groups is 1. The van der Waals surface area contributed by atoms with Gasteiger partial charge in [-0.15, -0.1) is 0 Å². The summed E-state index contributed by atoms with van der Waals surface area (Å²) in [6.45, 7) is 3.28. The highest BCUT2D eigenvalue weighted by Gasteiger charge is 2.09. The predicted molar refractivity (Wildman–Crippen MR) is 70.6 cm³/mol. The van der Waals surface area contributed by atoms with E-state index in [9.17, 15) is 0 Å². The summed E-state index contributed by atoms with van der Waals surface area (Å²) in [7, 11) is 0. The fourth-order valence-electron chi connectivity index (χ4n) is 2.55. The highest BCUT2D eigenvalue weighted by Crippen LogP contribution is 2.17. The molecule has 3 heteroatoms. The summed E-state index contributed by atoms with van der Waals surface area (Å²) < 4.78 is 0. The normalized spacial score (nSPS) is 17.6. The highest BCUT2D eigenvalue weighted by atomic mass is 15.5. The molecule has 3 rings (SSSR count). The fraction of sp³-hybridized carbons (Fsp3) is 0.429. The molecule has 1 aliphatic rings. The molecule has 90 valence electrons. The van der Waals surface area contributed by atoms with Crippen molar-refractivity contribution in [3.63, 3.8) is 0 Å². The maximum absolute atomic E-state index is 3.53. The van der Waals surface area contributed by atoms with E-state index in [0.29, 0.717) is 0 Å². The van der Waals surface area contributed by atoms with Gasteiger partial charge in [0.25, 0.3) is 0 Å². The summed E-state index contributed by atoms with van der Waals surface area (Å²) in [5, 5.41) is 3.65. The zero-order valence-electron chi connectivity index (χ0n) is 10.1. The van der Waals surface area contributed by atoms with E-state index in [0.717, 1.165) is 6.54 Å². The Morgan fingerprint density at radius 2 is 2.00 bits per heavy atom. The number of nitrogens with zero attached hydrogens (tertiary/aromatic N) is 1. The van der Waals surface area contributed by atoms with Gasteiger partial charge < -0.3 is 4.98 Å². The van der Waals surface area contributed by atoms with Gasteiger partial charge in [0, 0.05) is 31.3 Å². The number of para-hydroxylation sites is 1. The average Bonchev–Trinajstić information content (AvgIpc) is 2.86. The van der Waals surface area contributed by atoms with Gasteiger partial charge in [-0.05, 0) is 29.9 Å². The van der Waals surface area contributed by atoms with Gasteiger partial charge in [0.15, 0.2) is 0 Å². The Labute approximate surface area is 102 Å². The Morgan fingerprint density at radius 1 is 1.12 bits per heavy atom. The van der Waals surface area contributed by atoms with Gasteiger partial charge in [0.2, 0.25) is 0 Å². The zero-order valence-corrected chi connectivity index (χ0v) is 10.1. The van der Waals surface area contributed by atoms with Gasteiger partial charge in [-0.1, -0.05) is 24.6 Å². The molecule has 17 heavy (non-hydrogen) atoms. The molecule has 2 heterocycles. The highest BCUT2D eigenvalue weighted by molar-refractivity contribution is 5.82. The number of H-pyrrole nitrogens is 1. The smallest absolute Gasteiger partial charge is 0.0500 e. The number of hydrogen-bond acceptors (Lipinski definition) is 2. The summed E-state index contributed by atoms with van der Waals surface area (Å²) in [6.07, 6.45) is 6.03. The molecule has 0 aliphatic carbocycles. The molecule has 0 bridgehead atoms. The number of piperidine rings is 1. The van der Waals surface area contributed by atoms with Crippen LogP contribution < -0.4 is 5.43 Å². The van der Waals surface area contributed by atoms with Crippen molar-refractivity contribution in [1.29, 1.82) is 0 Å². The van der Waals surface area contributed by atoms with E-state index < -0.39 is 0 Å². The lowest BCUT2D eigenvalue weighted by molar-refractivity contribution is 0.151. The number of rotatable bonds is 3. The van der Waals surface area contributed by atoms with Crippen molar-refractivity contribution in [3.05, 3.63) is 36.0 Å². The molecule has 1 fully saturated rings. The van der Waals surface area contributed by atoms with E-state index in [4.69, 9.17) is 0 Å². The first-order valence-corrected chi connectivity index (χ1v) is 6.47. The molecule has 0 unspecified atom stereocenters. The lowest BCUT2D eigenvalue weighted by Gasteiger charge is -2.27. The van der Waals surface area contributed by atoms with Gasteiger partial charge >= 0.3 is 0 Å². The molecule has 0 spiro atoms. The average molecular weight is 229 g/mol. The van der Waals surface area contributed by atoms with E-state index in [2.05, 4.69) is 39.7 Å². The lowest BCUT2D eigenvalue weighted by atomic mass is 10.1. The van der Waals surface area contributed by atoms with Gasteiger partial charge in [-0.3, -0.25) is 5.43 Å². The minimum absolute atomic E-state index is 0.915. The molecule has 0 saturated carbocycles. The van der Waals surface area contributed by atoms with Gasteiger partial charge in [-0.25, -0.2) is 5.01 Å². The molecular formula is C14H19N3. The largest absolute Gasteiger partial charge is 0.361 e. The van der Waals surface area contributed by atoms with Crippen LogP contribution in [-0.2, 0) is 6.54 Å². The zero-order chi connectivity index (χ0) is 11.5. The van der Waals surface area contributed by atoms with E-state index in [1.165, 1.54) is 48.8 Å². The number of aromatic amines is 1. The molecule has 1 aromatic heterocycles. The second-order valence-corrected chi connectivity index (χ2v) is 4.74. The van der Waals surface area contributed by atoms with Gasteiger partial charge in [0.05, 0.1) is 0 Å². The maximum Gasteiger partial charge on any atom is 0.0500 e. The molecule has 0 atom stereocenters. The molecule has 1 aliphatic heterocycles. The van der Waals surface area contributed by atoms with Crippen molar-refractivity contribution in [3.8, 4) is 0 Å². The quantitative estimate of drug-likeness (QED) is 0.847. The first-order valence-electron chi connectivity index (χ1n) is 6.47. The molecule has 1 aromatic carbocycles. The molecule has 2 N–H and O–H groups in total. The number of hydrogen-bond donors (Lipinski definition) is 2. The van der Waals surface area contributed by atoms with Crippen LogP contribution in [0.2, 0.25) is 0 Å². The molecule has 1 saturated heterocycles. The van der Waals surface area contributed by atoms with E-state index in [1.54, 1.807) is 0 Å². The molecule has 0 amide bonds. The number of fused-ring (bicyclic) bond motifs is 1. The summed E-state index contributed by atoms with van der Waals surface area (Å²) in [5.74, 6) is 0. The monoisotopic (exact) mass is 229 g/mol. The Kier molecular flexibility index (Phi) is 3.12. The summed E-state index contributed by atoms with van der Waals surface area (Å²) >= 11 is 0. The molecular weight excluding hydrogens is 210 g/mol. The van der Waals surface area contributed by atoms with Crippen molar-refractivity contribution in [2.45, 2.75) is 25.8 Å². The second kappa shape index (κ2) is 4.90. The van der Waals surface area contributed by atoms with E-state index >= 15 is 0 Å². The predicted octanol–water partition coefficient (Wildman–Crippen LogP) is 2.66. The summed E-state index contributed by atoms with van der Waals surface area (Å²) in [5.41, 5.74) is 6.14. The van der Waals surface area contributed by atoms with Gasteiger partial charge in [-0.2, -0.15) is 0 Å². The van der Waals surface area contributed by atoms with Crippen LogP contribution in [0.1, 0.15) is 24.8 Å². The SMILES string of the molecule is c1cc(CNN2CCCCC2)c2[nH]ccc2c1. The maximum atomic E-state index is 3.53. The third kappa shape index (κ3) is 2.35. The van der Waals surface area contributed by atoms with Crippen LogP contribution in [0.15, 0.2) is 30.5 Å². The van der Waals surface area contributed by atoms with Crippen LogP contribution in [-0.4, -0.2) is 23.1 Å². The van der Waals surface area contributed by atoms with Crippen LogP contribution in [0.4, 0.5) is 0 Å². The minimum Gasteiger partial charge on any atom is -0.361 e. The minimum atomic E-state index is 0.915. The molecule has 0 radical (unpaired) electrons. The van der Waals surface area contributed by atoms with Crippen LogP contribution in [0.25, 0.3) is 10.9 Å². The Bertz CT molecular complexity index is 483. The van der Waals surface area contributed by atoms with E-state index in [1.807, 2.05) is 6.20 Å². The Morgan fingerprint density at radius 3 is 2.88 bits per heavy atom. The second-order valence-electron chi connectivity index (χ2n) is 4.74. The first-order chi connectivity index (χ1) is 8.43. The van der Waals surface area contributed by atoms with Crippen molar-refractivity contribution >= 4 is 10.9 Å². The number of benzene rings is 1. The Balaban J connectivity index is 1.69. The number of aromatic nitrogens is 1. The summed E-state index contributed by atoms with van der Waals surface area (Å²) in [4.78, 5) is 3.32. The van der Waals surface area contributed by atoms with Crippen molar-refractivity contribution < 1.29 is 0 Å².